The van der Waals surface area contributed by atoms with Crippen LogP contribution in [0.25, 0.3) is 0 Å². The SMILES string of the molecule is COc1c(Br)cc(C(=O)Nc2ccc(Cl)cc2Cl)cc1OCc1ccccc1. The first-order chi connectivity index (χ1) is 13.5. The van der Waals surface area contributed by atoms with Crippen molar-refractivity contribution in [2.75, 3.05) is 12.4 Å². The minimum Gasteiger partial charge on any atom is -0.492 e. The largest absolute Gasteiger partial charge is 0.492 e. The summed E-state index contributed by atoms with van der Waals surface area (Å²) in [4.78, 5) is 12.7. The van der Waals surface area contributed by atoms with Gasteiger partial charge >= 0.3 is 0 Å². The number of benzene rings is 3. The van der Waals surface area contributed by atoms with Crippen molar-refractivity contribution in [1.29, 1.82) is 0 Å². The van der Waals surface area contributed by atoms with Crippen LogP contribution in [0.2, 0.25) is 10.0 Å². The van der Waals surface area contributed by atoms with Crippen LogP contribution in [0.1, 0.15) is 15.9 Å². The fraction of sp³-hybridized carbons (Fsp3) is 0.0952. The summed E-state index contributed by atoms with van der Waals surface area (Å²) in [6, 6.07) is 17.9. The molecule has 0 aliphatic carbocycles. The molecule has 0 unspecified atom stereocenters. The zero-order valence-electron chi connectivity index (χ0n) is 14.8. The average molecular weight is 481 g/mol. The minimum atomic E-state index is -0.336. The Morgan fingerprint density at radius 3 is 2.50 bits per heavy atom. The third-order valence-electron chi connectivity index (χ3n) is 3.89. The van der Waals surface area contributed by atoms with Crippen molar-refractivity contribution in [2.24, 2.45) is 0 Å². The number of methoxy groups -OCH3 is 1. The molecule has 0 saturated carbocycles. The van der Waals surface area contributed by atoms with Gasteiger partial charge in [0.2, 0.25) is 0 Å². The maximum absolute atomic E-state index is 12.7. The standard InChI is InChI=1S/C21H16BrCl2NO3/c1-27-20-16(22)9-14(10-19(20)28-12-13-5-3-2-4-6-13)21(26)25-18-8-7-15(23)11-17(18)24/h2-11H,12H2,1H3,(H,25,26). The molecule has 28 heavy (non-hydrogen) atoms. The first kappa shape index (κ1) is 20.5. The van der Waals surface area contributed by atoms with E-state index >= 15 is 0 Å². The lowest BCUT2D eigenvalue weighted by atomic mass is 10.1. The smallest absolute Gasteiger partial charge is 0.255 e. The molecule has 0 heterocycles. The van der Waals surface area contributed by atoms with Crippen LogP contribution >= 0.6 is 39.1 Å². The summed E-state index contributed by atoms with van der Waals surface area (Å²) in [5.74, 6) is 0.627. The topological polar surface area (TPSA) is 47.6 Å². The lowest BCUT2D eigenvalue weighted by Gasteiger charge is -2.15. The summed E-state index contributed by atoms with van der Waals surface area (Å²) in [7, 11) is 1.54. The molecule has 0 aromatic heterocycles. The molecule has 3 aromatic rings. The van der Waals surface area contributed by atoms with Gasteiger partial charge in [-0.3, -0.25) is 4.79 Å². The maximum Gasteiger partial charge on any atom is 0.255 e. The monoisotopic (exact) mass is 479 g/mol. The molecule has 4 nitrogen and oxygen atoms in total. The quantitative estimate of drug-likeness (QED) is 0.432. The molecule has 144 valence electrons. The lowest BCUT2D eigenvalue weighted by Crippen LogP contribution is -2.13. The van der Waals surface area contributed by atoms with Crippen LogP contribution < -0.4 is 14.8 Å². The van der Waals surface area contributed by atoms with Crippen LogP contribution in [-0.4, -0.2) is 13.0 Å². The fourth-order valence-electron chi connectivity index (χ4n) is 2.53. The number of hydrogen-bond donors (Lipinski definition) is 1. The molecule has 3 rings (SSSR count). The molecule has 0 atom stereocenters. The van der Waals surface area contributed by atoms with Crippen molar-refractivity contribution in [2.45, 2.75) is 6.61 Å². The summed E-state index contributed by atoms with van der Waals surface area (Å²) >= 11 is 15.5. The van der Waals surface area contributed by atoms with E-state index in [9.17, 15) is 4.79 Å². The predicted octanol–water partition coefficient (Wildman–Crippen LogP) is 6.60. The van der Waals surface area contributed by atoms with Gasteiger partial charge in [-0.25, -0.2) is 0 Å². The number of anilines is 1. The fourth-order valence-corrected chi connectivity index (χ4v) is 3.58. The Labute approximate surface area is 181 Å². The van der Waals surface area contributed by atoms with E-state index in [1.165, 1.54) is 0 Å². The lowest BCUT2D eigenvalue weighted by molar-refractivity contribution is 0.102. The van der Waals surface area contributed by atoms with Crippen molar-refractivity contribution in [3.63, 3.8) is 0 Å². The van der Waals surface area contributed by atoms with E-state index in [1.54, 1.807) is 37.4 Å². The maximum atomic E-state index is 12.7. The van der Waals surface area contributed by atoms with Crippen LogP contribution in [-0.2, 0) is 6.61 Å². The summed E-state index contributed by atoms with van der Waals surface area (Å²) in [5.41, 5.74) is 1.86. The van der Waals surface area contributed by atoms with E-state index in [-0.39, 0.29) is 5.91 Å². The molecule has 1 amide bonds. The van der Waals surface area contributed by atoms with Crippen LogP contribution in [0.4, 0.5) is 5.69 Å². The van der Waals surface area contributed by atoms with Gasteiger partial charge in [0.25, 0.3) is 5.91 Å². The molecule has 0 aliphatic rings. The van der Waals surface area contributed by atoms with Gasteiger partial charge in [0.15, 0.2) is 11.5 Å². The molecule has 0 spiro atoms. The van der Waals surface area contributed by atoms with E-state index < -0.39 is 0 Å². The van der Waals surface area contributed by atoms with E-state index in [1.807, 2.05) is 30.3 Å². The van der Waals surface area contributed by atoms with Crippen molar-refractivity contribution < 1.29 is 14.3 Å². The van der Waals surface area contributed by atoms with Gasteiger partial charge in [-0.05, 0) is 51.8 Å². The number of rotatable bonds is 6. The second kappa shape index (κ2) is 9.32. The number of hydrogen-bond acceptors (Lipinski definition) is 3. The Morgan fingerprint density at radius 1 is 1.07 bits per heavy atom. The summed E-state index contributed by atoms with van der Waals surface area (Å²) in [6.07, 6.45) is 0. The highest BCUT2D eigenvalue weighted by Gasteiger charge is 2.17. The molecular weight excluding hydrogens is 465 g/mol. The highest BCUT2D eigenvalue weighted by atomic mass is 79.9. The zero-order chi connectivity index (χ0) is 20.1. The number of halogens is 3. The van der Waals surface area contributed by atoms with E-state index in [2.05, 4.69) is 21.2 Å². The van der Waals surface area contributed by atoms with E-state index in [4.69, 9.17) is 32.7 Å². The predicted molar refractivity (Wildman–Crippen MR) is 116 cm³/mol. The van der Waals surface area contributed by atoms with E-state index in [0.29, 0.717) is 43.9 Å². The first-order valence-electron chi connectivity index (χ1n) is 8.28. The van der Waals surface area contributed by atoms with Gasteiger partial charge < -0.3 is 14.8 Å². The minimum absolute atomic E-state index is 0.336. The number of carbonyl (C=O) groups is 1. The summed E-state index contributed by atoms with van der Waals surface area (Å²) < 4.78 is 11.9. The molecule has 0 fully saturated rings. The number of nitrogens with one attached hydrogen (secondary N) is 1. The van der Waals surface area contributed by atoms with Gasteiger partial charge in [0.1, 0.15) is 6.61 Å². The van der Waals surface area contributed by atoms with Crippen molar-refractivity contribution in [3.05, 3.63) is 86.3 Å². The Bertz CT molecular complexity index is 996. The van der Waals surface area contributed by atoms with Crippen LogP contribution in [0.5, 0.6) is 11.5 Å². The molecular formula is C21H16BrCl2NO3. The van der Waals surface area contributed by atoms with Gasteiger partial charge in [0, 0.05) is 10.6 Å². The van der Waals surface area contributed by atoms with Gasteiger partial charge in [-0.2, -0.15) is 0 Å². The average Bonchev–Trinajstić information content (AvgIpc) is 2.69. The van der Waals surface area contributed by atoms with Crippen LogP contribution in [0.3, 0.4) is 0 Å². The Kier molecular flexibility index (Phi) is 6.83. The molecule has 0 radical (unpaired) electrons. The second-order valence-electron chi connectivity index (χ2n) is 5.84. The summed E-state index contributed by atoms with van der Waals surface area (Å²) in [5, 5.41) is 3.62. The molecule has 7 heteroatoms. The molecule has 1 N–H and O–H groups in total. The third-order valence-corrected chi connectivity index (χ3v) is 5.03. The third kappa shape index (κ3) is 4.98. The number of amides is 1. The number of carbonyl (C=O) groups excluding carboxylic acids is 1. The van der Waals surface area contributed by atoms with Crippen molar-refractivity contribution >= 4 is 50.7 Å². The highest BCUT2D eigenvalue weighted by Crippen LogP contribution is 2.37. The highest BCUT2D eigenvalue weighted by molar-refractivity contribution is 9.10. The van der Waals surface area contributed by atoms with Crippen molar-refractivity contribution in [3.8, 4) is 11.5 Å². The normalized spacial score (nSPS) is 10.4. The Morgan fingerprint density at radius 2 is 1.82 bits per heavy atom. The van der Waals surface area contributed by atoms with Gasteiger partial charge in [-0.15, -0.1) is 0 Å². The van der Waals surface area contributed by atoms with E-state index in [0.717, 1.165) is 5.56 Å². The summed E-state index contributed by atoms with van der Waals surface area (Å²) in [6.45, 7) is 0.345. The second-order valence-corrected chi connectivity index (χ2v) is 7.54. The van der Waals surface area contributed by atoms with Gasteiger partial charge in [0.05, 0.1) is 22.3 Å². The Hall–Kier alpha value is -2.21. The number of ether oxygens (including phenoxy) is 2. The van der Waals surface area contributed by atoms with Crippen molar-refractivity contribution in [1.82, 2.24) is 0 Å². The Balaban J connectivity index is 1.84. The molecule has 3 aromatic carbocycles. The molecule has 0 aliphatic heterocycles. The van der Waals surface area contributed by atoms with Crippen LogP contribution in [0, 0.1) is 0 Å². The van der Waals surface area contributed by atoms with Gasteiger partial charge in [-0.1, -0.05) is 53.5 Å². The first-order valence-corrected chi connectivity index (χ1v) is 9.83. The zero-order valence-corrected chi connectivity index (χ0v) is 17.9. The molecule has 0 saturated heterocycles. The van der Waals surface area contributed by atoms with Crippen LogP contribution in [0.15, 0.2) is 65.1 Å². The molecule has 0 bridgehead atoms.